The Balaban J connectivity index is 1.07. The molecule has 43 heavy (non-hydrogen) atoms. The molecule has 1 aliphatic heterocycles. The van der Waals surface area contributed by atoms with Gasteiger partial charge in [-0.15, -0.1) is 0 Å². The molecule has 13 heteroatoms. The Morgan fingerprint density at radius 1 is 1.16 bits per heavy atom. The Morgan fingerprint density at radius 2 is 1.93 bits per heavy atom. The number of nitrogens with two attached hydrogens (primary N) is 1. The molecule has 2 aliphatic rings. The number of aliphatic hydroxyl groups is 4. The van der Waals surface area contributed by atoms with Crippen LogP contribution < -0.4 is 5.73 Å². The molecule has 5 atom stereocenters. The van der Waals surface area contributed by atoms with Crippen LogP contribution in [0.4, 0.5) is 5.82 Å². The van der Waals surface area contributed by atoms with Crippen LogP contribution in [0.5, 0.6) is 0 Å². The molecule has 1 saturated heterocycles. The summed E-state index contributed by atoms with van der Waals surface area (Å²) in [5.74, 6) is 1.12. The highest BCUT2D eigenvalue weighted by Gasteiger charge is 2.47. The molecule has 2 fully saturated rings. The van der Waals surface area contributed by atoms with Crippen molar-refractivity contribution in [3.63, 3.8) is 0 Å². The van der Waals surface area contributed by atoms with Crippen LogP contribution in [0.15, 0.2) is 30.9 Å². The number of rotatable bonds is 10. The molecule has 1 aliphatic carbocycles. The molecule has 0 amide bonds. The molecule has 0 bridgehead atoms. The molecule has 232 valence electrons. The van der Waals surface area contributed by atoms with E-state index in [0.717, 1.165) is 29.4 Å². The van der Waals surface area contributed by atoms with Crippen LogP contribution in [0.1, 0.15) is 70.7 Å². The second-order valence-electron chi connectivity index (χ2n) is 13.1. The smallest absolute Gasteiger partial charge is 0.167 e. The fraction of sp³-hybridized carbons (Fsp3) is 0.600. The largest absolute Gasteiger partial charge is 0.395 e. The Morgan fingerprint density at radius 3 is 2.65 bits per heavy atom. The first-order valence-corrected chi connectivity index (χ1v) is 15.0. The highest BCUT2D eigenvalue weighted by atomic mass is 16.6. The number of hydrogen-bond acceptors (Lipinski definition) is 11. The number of fused-ring (bicyclic) bond motifs is 2. The van der Waals surface area contributed by atoms with Gasteiger partial charge in [0.15, 0.2) is 17.7 Å². The van der Waals surface area contributed by atoms with Crippen molar-refractivity contribution in [1.82, 2.24) is 34.4 Å². The van der Waals surface area contributed by atoms with Gasteiger partial charge in [-0.2, -0.15) is 0 Å². The summed E-state index contributed by atoms with van der Waals surface area (Å²) in [6, 6.07) is 6.35. The van der Waals surface area contributed by atoms with Gasteiger partial charge in [-0.3, -0.25) is 9.47 Å². The van der Waals surface area contributed by atoms with E-state index in [0.29, 0.717) is 35.9 Å². The maximum Gasteiger partial charge on any atom is 0.167 e. The topological polar surface area (TPSA) is 192 Å². The first-order valence-electron chi connectivity index (χ1n) is 15.0. The van der Waals surface area contributed by atoms with Gasteiger partial charge in [-0.25, -0.2) is 19.9 Å². The number of nitrogens with one attached hydrogen (secondary N) is 1. The Labute approximate surface area is 249 Å². The van der Waals surface area contributed by atoms with Gasteiger partial charge in [0.2, 0.25) is 0 Å². The number of aromatic amines is 1. The van der Waals surface area contributed by atoms with Gasteiger partial charge in [0.05, 0.1) is 24.0 Å². The van der Waals surface area contributed by atoms with Gasteiger partial charge in [0, 0.05) is 24.0 Å². The number of aliphatic hydroxyl groups excluding tert-OH is 4. The van der Waals surface area contributed by atoms with Crippen molar-refractivity contribution in [3.8, 4) is 0 Å². The minimum absolute atomic E-state index is 0.0398. The van der Waals surface area contributed by atoms with Crippen LogP contribution >= 0.6 is 0 Å². The number of hydrogen-bond donors (Lipinski definition) is 6. The van der Waals surface area contributed by atoms with E-state index in [4.69, 9.17) is 10.5 Å². The summed E-state index contributed by atoms with van der Waals surface area (Å²) >= 11 is 0. The maximum absolute atomic E-state index is 11.0. The Kier molecular flexibility index (Phi) is 7.90. The van der Waals surface area contributed by atoms with Crippen LogP contribution in [0.3, 0.4) is 0 Å². The van der Waals surface area contributed by atoms with E-state index in [1.807, 2.05) is 32.0 Å². The third kappa shape index (κ3) is 5.49. The van der Waals surface area contributed by atoms with E-state index in [1.54, 1.807) is 4.57 Å². The Hall–Kier alpha value is -3.20. The summed E-state index contributed by atoms with van der Waals surface area (Å²) in [6.07, 6.45) is 0.814. The molecule has 1 aromatic carbocycles. The third-order valence-electron chi connectivity index (χ3n) is 9.28. The average Bonchev–Trinajstić information content (AvgIpc) is 3.66. The second-order valence-corrected chi connectivity index (χ2v) is 13.1. The van der Waals surface area contributed by atoms with Gasteiger partial charge < -0.3 is 35.9 Å². The minimum atomic E-state index is -1.16. The van der Waals surface area contributed by atoms with Crippen molar-refractivity contribution in [2.45, 2.75) is 95.1 Å². The number of H-pyrrole nitrogens is 1. The van der Waals surface area contributed by atoms with Gasteiger partial charge in [-0.05, 0) is 56.7 Å². The summed E-state index contributed by atoms with van der Waals surface area (Å²) < 4.78 is 7.80. The fourth-order valence-corrected chi connectivity index (χ4v) is 6.45. The number of nitrogens with zero attached hydrogens (tertiary/aromatic N) is 6. The van der Waals surface area contributed by atoms with E-state index in [9.17, 15) is 20.4 Å². The maximum atomic E-state index is 11.0. The average molecular weight is 595 g/mol. The molecule has 6 rings (SSSR count). The van der Waals surface area contributed by atoms with Gasteiger partial charge >= 0.3 is 0 Å². The normalized spacial score (nSPS) is 27.0. The monoisotopic (exact) mass is 594 g/mol. The molecule has 0 radical (unpaired) electrons. The van der Waals surface area contributed by atoms with Crippen LogP contribution in [0.2, 0.25) is 0 Å². The zero-order valence-electron chi connectivity index (χ0n) is 25.0. The van der Waals surface area contributed by atoms with E-state index < -0.39 is 30.6 Å². The van der Waals surface area contributed by atoms with E-state index in [-0.39, 0.29) is 29.9 Å². The summed E-state index contributed by atoms with van der Waals surface area (Å²) in [5.41, 5.74) is 9.05. The molecule has 1 saturated carbocycles. The fourth-order valence-electron chi connectivity index (χ4n) is 6.45. The van der Waals surface area contributed by atoms with Crippen LogP contribution in [0.25, 0.3) is 22.2 Å². The first kappa shape index (κ1) is 29.9. The lowest BCUT2D eigenvalue weighted by Gasteiger charge is -2.46. The van der Waals surface area contributed by atoms with Crippen molar-refractivity contribution in [2.75, 3.05) is 18.9 Å². The van der Waals surface area contributed by atoms with Gasteiger partial charge in [0.1, 0.15) is 42.1 Å². The molecule has 0 spiro atoms. The zero-order valence-corrected chi connectivity index (χ0v) is 25.0. The molecular weight excluding hydrogens is 552 g/mol. The molecule has 3 aromatic heterocycles. The lowest BCUT2D eigenvalue weighted by molar-refractivity contribution is -0.0640. The molecule has 5 unspecified atom stereocenters. The van der Waals surface area contributed by atoms with Crippen molar-refractivity contribution >= 4 is 28.0 Å². The summed E-state index contributed by atoms with van der Waals surface area (Å²) in [6.45, 7) is 8.69. The van der Waals surface area contributed by atoms with Crippen molar-refractivity contribution in [3.05, 3.63) is 42.2 Å². The lowest BCUT2D eigenvalue weighted by Crippen LogP contribution is -2.52. The van der Waals surface area contributed by atoms with Crippen LogP contribution in [0, 0.1) is 5.92 Å². The number of imidazole rings is 2. The molecule has 4 heterocycles. The van der Waals surface area contributed by atoms with Crippen molar-refractivity contribution in [1.29, 1.82) is 0 Å². The minimum Gasteiger partial charge on any atom is -0.395 e. The molecule has 7 N–H and O–H groups in total. The predicted octanol–water partition coefficient (Wildman–Crippen LogP) is 1.79. The highest BCUT2D eigenvalue weighted by molar-refractivity contribution is 5.81. The van der Waals surface area contributed by atoms with Crippen molar-refractivity contribution in [2.24, 2.45) is 5.92 Å². The van der Waals surface area contributed by atoms with Gasteiger partial charge in [-0.1, -0.05) is 19.9 Å². The van der Waals surface area contributed by atoms with E-state index in [1.165, 1.54) is 12.7 Å². The summed E-state index contributed by atoms with van der Waals surface area (Å²) in [4.78, 5) is 22.7. The zero-order chi connectivity index (χ0) is 30.6. The number of benzene rings is 1. The van der Waals surface area contributed by atoms with Crippen LogP contribution in [-0.4, -0.2) is 98.4 Å². The predicted molar refractivity (Wildman–Crippen MR) is 160 cm³/mol. The summed E-state index contributed by atoms with van der Waals surface area (Å²) in [5, 5.41) is 42.6. The standard InChI is InChI=1S/C30H42N8O5/c1-15(2)37(11-22-24(41)25(42)29(43-22)38-14-34-23-26(31)32-13-33-28(23)38)18-7-16(8-18)9-21(40)27-35-19-6-5-17(10-20(19)36-27)30(3,4)12-39/h5-6,10,13-16,18,21-22,24-25,29,39-42H,7-9,11-12H2,1-4H3,(H,35,36)(H2,31,32,33). The number of nitrogen functional groups attached to an aromatic ring is 1. The molecular formula is C30H42N8O5. The number of ether oxygens (including phenoxy) is 1. The van der Waals surface area contributed by atoms with Crippen molar-refractivity contribution < 1.29 is 25.2 Å². The van der Waals surface area contributed by atoms with Crippen LogP contribution in [-0.2, 0) is 10.2 Å². The Bertz CT molecular complexity index is 1580. The third-order valence-corrected chi connectivity index (χ3v) is 9.28. The van der Waals surface area contributed by atoms with Gasteiger partial charge in [0.25, 0.3) is 0 Å². The number of anilines is 1. The highest BCUT2D eigenvalue weighted by Crippen LogP contribution is 2.40. The lowest BCUT2D eigenvalue weighted by atomic mass is 9.75. The first-order chi connectivity index (χ1) is 20.5. The quantitative estimate of drug-likeness (QED) is 0.157. The SMILES string of the molecule is CC(C)N(CC1OC(n2cnc3c(N)ncnc32)C(O)C1O)C1CC(CC(O)c2nc3ccc(C(C)(C)CO)cc3[nH]2)C1. The number of aromatic nitrogens is 6. The second kappa shape index (κ2) is 11.4. The molecule has 13 nitrogen and oxygen atoms in total. The molecule has 4 aromatic rings. The van der Waals surface area contributed by atoms with E-state index >= 15 is 0 Å². The van der Waals surface area contributed by atoms with E-state index in [2.05, 4.69) is 43.7 Å². The summed E-state index contributed by atoms with van der Waals surface area (Å²) in [7, 11) is 0.